The van der Waals surface area contributed by atoms with Gasteiger partial charge < -0.3 is 20.5 Å². The Morgan fingerprint density at radius 1 is 1.28 bits per heavy atom. The van der Waals surface area contributed by atoms with Crippen LogP contribution in [0.25, 0.3) is 0 Å². The van der Waals surface area contributed by atoms with E-state index < -0.39 is 53.9 Å². The number of aliphatic hydroxyl groups excluding tert-OH is 1. The highest BCUT2D eigenvalue weighted by atomic mass is 32.1. The molecule has 2 amide bonds. The fourth-order valence-corrected chi connectivity index (χ4v) is 3.15. The van der Waals surface area contributed by atoms with E-state index in [1.165, 1.54) is 0 Å². The number of nitrogens with zero attached hydrogens (tertiary/aromatic N) is 1. The lowest BCUT2D eigenvalue weighted by Gasteiger charge is -2.27. The van der Waals surface area contributed by atoms with Crippen LogP contribution >= 0.6 is 11.3 Å². The van der Waals surface area contributed by atoms with Gasteiger partial charge in [0.1, 0.15) is 18.8 Å². The second kappa shape index (κ2) is 10.0. The topological polar surface area (TPSA) is 118 Å². The molecule has 1 rings (SSSR count). The summed E-state index contributed by atoms with van der Waals surface area (Å²) in [5, 5.41) is 14.8. The van der Waals surface area contributed by atoms with Crippen LogP contribution in [0.1, 0.15) is 50.7 Å². The van der Waals surface area contributed by atoms with Crippen molar-refractivity contribution in [1.29, 1.82) is 0 Å². The minimum absolute atomic E-state index is 0.0478. The quantitative estimate of drug-likeness (QED) is 0.505. The number of hydrogen-bond donors (Lipinski definition) is 3. The second-order valence-electron chi connectivity index (χ2n) is 7.29. The number of hydrogen-bond acceptors (Lipinski definition) is 7. The molecule has 0 fully saturated rings. The Morgan fingerprint density at radius 3 is 2.38 bits per heavy atom. The van der Waals surface area contributed by atoms with Crippen molar-refractivity contribution in [2.75, 3.05) is 6.61 Å². The second-order valence-corrected chi connectivity index (χ2v) is 8.18. The molecule has 1 aromatic heterocycles. The molecule has 1 heterocycles. The van der Waals surface area contributed by atoms with Crippen LogP contribution in [-0.2, 0) is 25.3 Å². The number of alkyl halides is 3. The van der Waals surface area contributed by atoms with Crippen molar-refractivity contribution in [2.24, 2.45) is 5.41 Å². The lowest BCUT2D eigenvalue weighted by Crippen LogP contribution is -2.52. The number of thiazole rings is 1. The van der Waals surface area contributed by atoms with Crippen LogP contribution in [0.3, 0.4) is 0 Å². The number of ether oxygens (including phenoxy) is 1. The van der Waals surface area contributed by atoms with Gasteiger partial charge >= 0.3 is 6.18 Å². The highest BCUT2D eigenvalue weighted by Crippen LogP contribution is 2.36. The van der Waals surface area contributed by atoms with Crippen LogP contribution in [0.5, 0.6) is 0 Å². The predicted octanol–water partition coefficient (Wildman–Crippen LogP) is 1.79. The van der Waals surface area contributed by atoms with Crippen LogP contribution < -0.4 is 10.6 Å². The number of carbonyl (C=O) groups excluding carboxylic acids is 3. The van der Waals surface area contributed by atoms with Crippen molar-refractivity contribution in [3.63, 3.8) is 0 Å². The summed E-state index contributed by atoms with van der Waals surface area (Å²) in [6, 6.07) is -2.42. The monoisotopic (exact) mass is 439 g/mol. The maximum Gasteiger partial charge on any atom is 0.434 e. The van der Waals surface area contributed by atoms with Gasteiger partial charge in [0.05, 0.1) is 16.4 Å². The van der Waals surface area contributed by atoms with Gasteiger partial charge in [-0.15, -0.1) is 11.3 Å². The molecule has 0 radical (unpaired) electrons. The summed E-state index contributed by atoms with van der Waals surface area (Å²) in [4.78, 5) is 38.2. The normalized spacial score (nSPS) is 15.2. The van der Waals surface area contributed by atoms with Gasteiger partial charge in [-0.1, -0.05) is 27.7 Å². The van der Waals surface area contributed by atoms with Crippen LogP contribution in [0.15, 0.2) is 5.51 Å². The summed E-state index contributed by atoms with van der Waals surface area (Å²) in [6.45, 7) is 5.98. The molecule has 12 heteroatoms. The molecule has 0 aliphatic carbocycles. The van der Waals surface area contributed by atoms with Crippen molar-refractivity contribution in [2.45, 2.75) is 58.5 Å². The molecule has 0 bridgehead atoms. The molecular weight excluding hydrogens is 415 g/mol. The summed E-state index contributed by atoms with van der Waals surface area (Å²) in [6.07, 6.45) is -6.03. The van der Waals surface area contributed by atoms with E-state index in [9.17, 15) is 32.7 Å². The number of halogens is 3. The molecule has 0 saturated heterocycles. The predicted molar refractivity (Wildman–Crippen MR) is 97.7 cm³/mol. The number of aromatic nitrogens is 1. The Balaban J connectivity index is 3.01. The zero-order valence-electron chi connectivity index (χ0n) is 16.4. The number of amides is 2. The first-order chi connectivity index (χ1) is 13.3. The van der Waals surface area contributed by atoms with Gasteiger partial charge in [-0.05, 0) is 11.8 Å². The van der Waals surface area contributed by atoms with E-state index in [0.29, 0.717) is 11.3 Å². The summed E-state index contributed by atoms with van der Waals surface area (Å²) >= 11 is 0.649. The zero-order valence-corrected chi connectivity index (χ0v) is 17.2. The highest BCUT2D eigenvalue weighted by Gasteiger charge is 2.39. The van der Waals surface area contributed by atoms with Crippen LogP contribution in [-0.4, -0.2) is 47.1 Å². The van der Waals surface area contributed by atoms with Crippen LogP contribution in [0.2, 0.25) is 0 Å². The third kappa shape index (κ3) is 6.96. The Labute approximate surface area is 169 Å². The summed E-state index contributed by atoms with van der Waals surface area (Å²) in [5.41, 5.74) is -0.997. The minimum Gasteiger partial charge on any atom is -0.465 e. The van der Waals surface area contributed by atoms with Crippen LogP contribution in [0.4, 0.5) is 13.2 Å². The third-order valence-electron chi connectivity index (χ3n) is 3.94. The standard InChI is InChI=1S/C17H24F3N3O5S/c1-5-9(22-15(27)13(25)16(2,3)4)14(26)23-10(6-28-8-24)11-12(17(18,19)20)21-7-29-11/h7-10,13,25H,5-6H2,1-4H3,(H,22,27)(H,23,26). The first-order valence-electron chi connectivity index (χ1n) is 8.67. The van der Waals surface area contributed by atoms with E-state index in [0.717, 1.165) is 5.51 Å². The molecule has 3 atom stereocenters. The smallest absolute Gasteiger partial charge is 0.434 e. The number of rotatable bonds is 9. The summed E-state index contributed by atoms with van der Waals surface area (Å²) in [7, 11) is 0. The molecular formula is C17H24F3N3O5S. The summed E-state index contributed by atoms with van der Waals surface area (Å²) < 4.78 is 44.0. The molecule has 0 spiro atoms. The van der Waals surface area contributed by atoms with Gasteiger partial charge in [0.2, 0.25) is 11.8 Å². The molecule has 164 valence electrons. The minimum atomic E-state index is -4.76. The molecule has 0 aliphatic rings. The molecule has 3 N–H and O–H groups in total. The Bertz CT molecular complexity index is 718. The fourth-order valence-electron chi connectivity index (χ4n) is 2.30. The van der Waals surface area contributed by atoms with E-state index >= 15 is 0 Å². The average Bonchev–Trinajstić information content (AvgIpc) is 3.11. The fraction of sp³-hybridized carbons (Fsp3) is 0.647. The van der Waals surface area contributed by atoms with E-state index in [-0.39, 0.29) is 17.8 Å². The largest absolute Gasteiger partial charge is 0.465 e. The first-order valence-corrected chi connectivity index (χ1v) is 9.55. The lowest BCUT2D eigenvalue weighted by atomic mass is 9.88. The van der Waals surface area contributed by atoms with Crippen molar-refractivity contribution in [1.82, 2.24) is 15.6 Å². The van der Waals surface area contributed by atoms with Crippen molar-refractivity contribution < 1.29 is 37.4 Å². The highest BCUT2D eigenvalue weighted by molar-refractivity contribution is 7.09. The molecule has 0 aliphatic heterocycles. The number of carbonyl (C=O) groups is 3. The van der Waals surface area contributed by atoms with E-state index in [1.54, 1.807) is 27.7 Å². The van der Waals surface area contributed by atoms with E-state index in [1.807, 2.05) is 0 Å². The van der Waals surface area contributed by atoms with Gasteiger partial charge in [-0.25, -0.2) is 4.98 Å². The Morgan fingerprint density at radius 2 is 1.90 bits per heavy atom. The average molecular weight is 439 g/mol. The molecule has 8 nitrogen and oxygen atoms in total. The first kappa shape index (κ1) is 24.8. The maximum absolute atomic E-state index is 13.1. The van der Waals surface area contributed by atoms with Gasteiger partial charge in [0.25, 0.3) is 6.47 Å². The molecule has 1 aromatic rings. The van der Waals surface area contributed by atoms with Crippen LogP contribution in [0, 0.1) is 5.41 Å². The van der Waals surface area contributed by atoms with Gasteiger partial charge in [0, 0.05) is 0 Å². The van der Waals surface area contributed by atoms with E-state index in [4.69, 9.17) is 0 Å². The Kier molecular flexibility index (Phi) is 8.57. The zero-order chi connectivity index (χ0) is 22.4. The van der Waals surface area contributed by atoms with Crippen molar-refractivity contribution >= 4 is 29.6 Å². The molecule has 3 unspecified atom stereocenters. The van der Waals surface area contributed by atoms with E-state index in [2.05, 4.69) is 20.4 Å². The maximum atomic E-state index is 13.1. The molecule has 0 aromatic carbocycles. The molecule has 29 heavy (non-hydrogen) atoms. The van der Waals surface area contributed by atoms with Crippen molar-refractivity contribution in [3.05, 3.63) is 16.1 Å². The number of nitrogens with one attached hydrogen (secondary N) is 2. The van der Waals surface area contributed by atoms with Gasteiger partial charge in [-0.3, -0.25) is 14.4 Å². The van der Waals surface area contributed by atoms with Crippen molar-refractivity contribution in [3.8, 4) is 0 Å². The SMILES string of the molecule is CCC(NC(=O)C(O)C(C)(C)C)C(=O)NC(COC=O)c1scnc1C(F)(F)F. The summed E-state index contributed by atoms with van der Waals surface area (Å²) in [5.74, 6) is -1.57. The lowest BCUT2D eigenvalue weighted by molar-refractivity contribution is -0.142. The van der Waals surface area contributed by atoms with Gasteiger partial charge in [0.15, 0.2) is 5.69 Å². The Hall–Kier alpha value is -2.21. The molecule has 0 saturated carbocycles. The third-order valence-corrected chi connectivity index (χ3v) is 4.88. The number of aliphatic hydroxyl groups is 1. The van der Waals surface area contributed by atoms with Gasteiger partial charge in [-0.2, -0.15) is 13.2 Å².